The number of nitrogens with one attached hydrogen (secondary N) is 1. The summed E-state index contributed by atoms with van der Waals surface area (Å²) in [6.07, 6.45) is 5.13. The van der Waals surface area contributed by atoms with Crippen LogP contribution in [-0.2, 0) is 43.9 Å². The summed E-state index contributed by atoms with van der Waals surface area (Å²) in [7, 11) is -3.51. The molecule has 0 spiro atoms. The standard InChI is InChI=1S/C44H54ClN3O11S/c1-6-56-42(53)44(28-50)14-16-48(26-44)15-9-17-57-38-13-8-12-36(30(38)3)35-11-7-10-32(29(35)2)25-59-40-20-39(58-24-31-18-34(23-46-21-31)60(5,54)55)33(19-37(40)45)22-47-43(4,27-49)41(51)52/h7-8,10-13,18-21,23,47,49-50H,6,9,14-17,22,24-28H2,1-5H3,(H,51,52)/t43-,44?/m1/s1. The second kappa shape index (κ2) is 20.2. The molecule has 2 atom stereocenters. The van der Waals surface area contributed by atoms with Crippen LogP contribution in [-0.4, -0.2) is 103 Å². The van der Waals surface area contributed by atoms with Crippen molar-refractivity contribution in [2.24, 2.45) is 5.41 Å². The lowest BCUT2D eigenvalue weighted by Gasteiger charge is -2.25. The summed E-state index contributed by atoms with van der Waals surface area (Å²) in [5.41, 5.74) is 3.33. The molecule has 60 heavy (non-hydrogen) atoms. The Balaban J connectivity index is 1.29. The van der Waals surface area contributed by atoms with Gasteiger partial charge in [-0.1, -0.05) is 41.9 Å². The lowest BCUT2D eigenvalue weighted by Crippen LogP contribution is -2.52. The van der Waals surface area contributed by atoms with E-state index in [0.717, 1.165) is 52.8 Å². The number of halogens is 1. The fourth-order valence-electron chi connectivity index (χ4n) is 6.97. The molecule has 0 amide bonds. The number of aliphatic hydroxyl groups is 2. The number of aliphatic hydroxyl groups excluding tert-OH is 2. The van der Waals surface area contributed by atoms with Gasteiger partial charge in [-0.05, 0) is 93.1 Å². The van der Waals surface area contributed by atoms with E-state index in [1.54, 1.807) is 19.1 Å². The predicted octanol–water partition coefficient (Wildman–Crippen LogP) is 5.52. The highest BCUT2D eigenvalue weighted by atomic mass is 35.5. The Hall–Kier alpha value is -4.77. The van der Waals surface area contributed by atoms with E-state index < -0.39 is 33.4 Å². The first-order chi connectivity index (χ1) is 28.5. The molecule has 1 saturated heterocycles. The fourth-order valence-corrected chi connectivity index (χ4v) is 7.83. The maximum Gasteiger partial charge on any atom is 0.326 e. The van der Waals surface area contributed by atoms with Gasteiger partial charge in [-0.3, -0.25) is 19.9 Å². The van der Waals surface area contributed by atoms with Crippen LogP contribution in [0.3, 0.4) is 0 Å². The topological polar surface area (TPSA) is 194 Å². The molecule has 0 radical (unpaired) electrons. The van der Waals surface area contributed by atoms with Crippen LogP contribution in [0.4, 0.5) is 0 Å². The molecule has 4 N–H and O–H groups in total. The third kappa shape index (κ3) is 11.1. The molecule has 16 heteroatoms. The molecule has 0 aliphatic carbocycles. The van der Waals surface area contributed by atoms with Crippen molar-refractivity contribution in [3.63, 3.8) is 0 Å². The summed E-state index contributed by atoms with van der Waals surface area (Å²) in [4.78, 5) is 30.6. The molecule has 3 aromatic carbocycles. The molecule has 324 valence electrons. The summed E-state index contributed by atoms with van der Waals surface area (Å²) in [5, 5.41) is 32.5. The molecule has 2 heterocycles. The van der Waals surface area contributed by atoms with Gasteiger partial charge in [0.15, 0.2) is 9.84 Å². The minimum atomic E-state index is -3.51. The van der Waals surface area contributed by atoms with E-state index in [-0.39, 0.29) is 48.9 Å². The normalized spacial score (nSPS) is 16.6. The van der Waals surface area contributed by atoms with E-state index in [0.29, 0.717) is 48.7 Å². The molecule has 0 saturated carbocycles. The number of likely N-dealkylation sites (tertiary alicyclic amines) is 1. The van der Waals surface area contributed by atoms with E-state index in [1.165, 1.54) is 25.4 Å². The number of aromatic nitrogens is 1. The van der Waals surface area contributed by atoms with Gasteiger partial charge in [0.25, 0.3) is 0 Å². The van der Waals surface area contributed by atoms with Crippen LogP contribution < -0.4 is 19.5 Å². The van der Waals surface area contributed by atoms with Crippen molar-refractivity contribution in [2.75, 3.05) is 52.3 Å². The van der Waals surface area contributed by atoms with Crippen molar-refractivity contribution in [1.82, 2.24) is 15.2 Å². The summed E-state index contributed by atoms with van der Waals surface area (Å²) >= 11 is 6.74. The summed E-state index contributed by atoms with van der Waals surface area (Å²) < 4.78 is 48.2. The number of aliphatic carboxylic acids is 1. The average Bonchev–Trinajstić information content (AvgIpc) is 3.66. The minimum absolute atomic E-state index is 0.0373. The van der Waals surface area contributed by atoms with Crippen LogP contribution in [0.2, 0.25) is 5.02 Å². The number of hydrogen-bond acceptors (Lipinski definition) is 13. The maximum atomic E-state index is 12.5. The highest BCUT2D eigenvalue weighted by Gasteiger charge is 2.45. The number of carboxylic acid groups (broad SMARTS) is 1. The number of benzene rings is 3. The first-order valence-electron chi connectivity index (χ1n) is 19.7. The Bertz CT molecular complexity index is 2270. The monoisotopic (exact) mass is 867 g/mol. The van der Waals surface area contributed by atoms with E-state index in [2.05, 4.69) is 15.2 Å². The SMILES string of the molecule is CCOC(=O)C1(CO)CCN(CCCOc2cccc(-c3cccc(COc4cc(OCc5cncc(S(C)(=O)=O)c5)c(CN[C@](C)(CO)C(=O)O)cc4Cl)c3C)c2C)C1. The zero-order valence-corrected chi connectivity index (χ0v) is 36.2. The quantitative estimate of drug-likeness (QED) is 0.0604. The molecule has 1 fully saturated rings. The van der Waals surface area contributed by atoms with E-state index in [4.69, 9.17) is 30.5 Å². The van der Waals surface area contributed by atoms with Gasteiger partial charge in [0.2, 0.25) is 0 Å². The number of nitrogens with zero attached hydrogens (tertiary/aromatic N) is 2. The lowest BCUT2D eigenvalue weighted by atomic mass is 9.88. The Morgan fingerprint density at radius 2 is 1.67 bits per heavy atom. The van der Waals surface area contributed by atoms with E-state index in [1.807, 2.05) is 50.2 Å². The molecule has 1 aliphatic heterocycles. The molecule has 14 nitrogen and oxygen atoms in total. The van der Waals surface area contributed by atoms with Crippen LogP contribution in [0.5, 0.6) is 17.2 Å². The number of sulfone groups is 1. The number of hydrogen-bond donors (Lipinski definition) is 4. The zero-order chi connectivity index (χ0) is 43.7. The number of rotatable bonds is 21. The highest BCUT2D eigenvalue weighted by Crippen LogP contribution is 2.37. The number of pyridine rings is 1. The number of carbonyl (C=O) groups is 2. The van der Waals surface area contributed by atoms with Crippen LogP contribution in [0, 0.1) is 19.3 Å². The number of esters is 1. The van der Waals surface area contributed by atoms with Gasteiger partial charge in [-0.15, -0.1) is 0 Å². The lowest BCUT2D eigenvalue weighted by molar-refractivity contribution is -0.157. The third-order valence-electron chi connectivity index (χ3n) is 10.9. The molecular weight excluding hydrogens is 814 g/mol. The van der Waals surface area contributed by atoms with Crippen LogP contribution in [0.25, 0.3) is 11.1 Å². The molecule has 5 rings (SSSR count). The van der Waals surface area contributed by atoms with Gasteiger partial charge in [-0.2, -0.15) is 0 Å². The fraction of sp³-hybridized carbons (Fsp3) is 0.432. The smallest absolute Gasteiger partial charge is 0.326 e. The Kier molecular flexibility index (Phi) is 15.6. The van der Waals surface area contributed by atoms with Gasteiger partial charge in [0, 0.05) is 55.5 Å². The van der Waals surface area contributed by atoms with Gasteiger partial charge >= 0.3 is 11.9 Å². The molecule has 1 aliphatic rings. The molecular formula is C44H54ClN3O11S. The Labute approximate surface area is 356 Å². The van der Waals surface area contributed by atoms with Crippen LogP contribution >= 0.6 is 11.6 Å². The number of ether oxygens (including phenoxy) is 4. The first-order valence-corrected chi connectivity index (χ1v) is 21.9. The van der Waals surface area contributed by atoms with Crippen molar-refractivity contribution < 1.29 is 52.3 Å². The average molecular weight is 868 g/mol. The predicted molar refractivity (Wildman–Crippen MR) is 226 cm³/mol. The van der Waals surface area contributed by atoms with Gasteiger partial charge in [0.1, 0.15) is 41.4 Å². The van der Waals surface area contributed by atoms with Crippen LogP contribution in [0.15, 0.2) is 71.9 Å². The first kappa shape index (κ1) is 46.3. The largest absolute Gasteiger partial charge is 0.493 e. The van der Waals surface area contributed by atoms with Crippen molar-refractivity contribution in [2.45, 2.75) is 70.7 Å². The zero-order valence-electron chi connectivity index (χ0n) is 34.6. The van der Waals surface area contributed by atoms with Gasteiger partial charge in [0.05, 0.1) is 36.3 Å². The highest BCUT2D eigenvalue weighted by molar-refractivity contribution is 7.90. The van der Waals surface area contributed by atoms with Crippen molar-refractivity contribution >= 4 is 33.4 Å². The molecule has 1 unspecified atom stereocenters. The molecule has 0 bridgehead atoms. The Morgan fingerprint density at radius 3 is 2.35 bits per heavy atom. The van der Waals surface area contributed by atoms with Crippen molar-refractivity contribution in [3.05, 3.63) is 99.8 Å². The van der Waals surface area contributed by atoms with Crippen LogP contribution in [0.1, 0.15) is 54.5 Å². The van der Waals surface area contributed by atoms with E-state index >= 15 is 0 Å². The van der Waals surface area contributed by atoms with Crippen molar-refractivity contribution in [3.8, 4) is 28.4 Å². The van der Waals surface area contributed by atoms with Gasteiger partial charge in [-0.25, -0.2) is 8.42 Å². The third-order valence-corrected chi connectivity index (χ3v) is 12.3. The number of carboxylic acids is 1. The maximum absolute atomic E-state index is 12.5. The summed E-state index contributed by atoms with van der Waals surface area (Å²) in [6.45, 7) is 8.96. The van der Waals surface area contributed by atoms with E-state index in [9.17, 15) is 33.3 Å². The molecule has 4 aromatic rings. The minimum Gasteiger partial charge on any atom is -0.493 e. The van der Waals surface area contributed by atoms with Gasteiger partial charge < -0.3 is 39.2 Å². The summed E-state index contributed by atoms with van der Waals surface area (Å²) in [6, 6.07) is 16.6. The Morgan fingerprint density at radius 1 is 0.950 bits per heavy atom. The molecule has 1 aromatic heterocycles. The second-order valence-electron chi connectivity index (χ2n) is 15.3. The summed E-state index contributed by atoms with van der Waals surface area (Å²) in [5.74, 6) is -0.222. The second-order valence-corrected chi connectivity index (χ2v) is 17.7. The van der Waals surface area contributed by atoms with Crippen molar-refractivity contribution in [1.29, 1.82) is 0 Å². The number of carbonyl (C=O) groups excluding carboxylic acids is 1.